The SMILES string of the molecule is C=C(F)Oc1cccc(C(=O)Nc2cnc(C)c(N(N)CC(=N)c3cnn(C)c3C)c2)c1. The van der Waals surface area contributed by atoms with Gasteiger partial charge in [0, 0.05) is 23.9 Å². The van der Waals surface area contributed by atoms with Crippen LogP contribution >= 0.6 is 0 Å². The molecule has 0 aliphatic carbocycles. The molecule has 0 aliphatic heterocycles. The third kappa shape index (κ3) is 5.16. The number of hydrogen-bond donors (Lipinski definition) is 3. The van der Waals surface area contributed by atoms with Crippen molar-refractivity contribution in [2.75, 3.05) is 16.9 Å². The van der Waals surface area contributed by atoms with Gasteiger partial charge in [-0.1, -0.05) is 6.07 Å². The Kier molecular flexibility index (Phi) is 6.64. The lowest BCUT2D eigenvalue weighted by atomic mass is 10.1. The Morgan fingerprint density at radius 1 is 1.34 bits per heavy atom. The molecule has 0 radical (unpaired) electrons. The molecule has 3 aromatic rings. The first kappa shape index (κ1) is 22.6. The lowest BCUT2D eigenvalue weighted by Gasteiger charge is -2.21. The van der Waals surface area contributed by atoms with Gasteiger partial charge in [-0.25, -0.2) is 5.84 Å². The number of nitrogens with two attached hydrogens (primary N) is 1. The topological polar surface area (TPSA) is 122 Å². The highest BCUT2D eigenvalue weighted by molar-refractivity contribution is 6.05. The van der Waals surface area contributed by atoms with Crippen molar-refractivity contribution in [3.63, 3.8) is 0 Å². The van der Waals surface area contributed by atoms with Crippen LogP contribution in [0.3, 0.4) is 0 Å². The summed E-state index contributed by atoms with van der Waals surface area (Å²) in [5, 5.41) is 16.7. The molecule has 0 unspecified atom stereocenters. The number of hydrazine groups is 1. The molecule has 3 rings (SSSR count). The molecule has 0 saturated carbocycles. The summed E-state index contributed by atoms with van der Waals surface area (Å²) in [4.78, 5) is 16.9. The molecule has 166 valence electrons. The molecule has 9 nitrogen and oxygen atoms in total. The second-order valence-corrected chi connectivity index (χ2v) is 7.14. The average molecular weight is 437 g/mol. The molecular weight excluding hydrogens is 413 g/mol. The zero-order valence-corrected chi connectivity index (χ0v) is 18.0. The van der Waals surface area contributed by atoms with E-state index in [1.165, 1.54) is 23.3 Å². The number of hydrogen-bond acceptors (Lipinski definition) is 7. The van der Waals surface area contributed by atoms with Gasteiger partial charge >= 0.3 is 0 Å². The van der Waals surface area contributed by atoms with Crippen LogP contribution in [0.5, 0.6) is 5.75 Å². The van der Waals surface area contributed by atoms with E-state index in [4.69, 9.17) is 16.0 Å². The van der Waals surface area contributed by atoms with Crippen LogP contribution in [0.15, 0.2) is 55.3 Å². The molecule has 0 atom stereocenters. The van der Waals surface area contributed by atoms with Gasteiger partial charge < -0.3 is 20.5 Å². The fraction of sp³-hybridized carbons (Fsp3) is 0.182. The number of aromatic nitrogens is 3. The maximum atomic E-state index is 12.9. The van der Waals surface area contributed by atoms with Gasteiger partial charge in [-0.05, 0) is 44.7 Å². The summed E-state index contributed by atoms with van der Waals surface area (Å²) >= 11 is 0. The fourth-order valence-corrected chi connectivity index (χ4v) is 3.05. The Bertz CT molecular complexity index is 1190. The number of rotatable bonds is 8. The average Bonchev–Trinajstić information content (AvgIpc) is 3.07. The van der Waals surface area contributed by atoms with Crippen molar-refractivity contribution in [3.05, 3.63) is 77.8 Å². The predicted molar refractivity (Wildman–Crippen MR) is 121 cm³/mol. The van der Waals surface area contributed by atoms with E-state index < -0.39 is 11.9 Å². The summed E-state index contributed by atoms with van der Waals surface area (Å²) in [5.74, 6) is 5.95. The van der Waals surface area contributed by atoms with Crippen LogP contribution in [0.25, 0.3) is 0 Å². The Hall–Kier alpha value is -4.05. The number of carbonyl (C=O) groups is 1. The van der Waals surface area contributed by atoms with Crippen molar-refractivity contribution in [1.29, 1.82) is 5.41 Å². The van der Waals surface area contributed by atoms with Crippen molar-refractivity contribution in [3.8, 4) is 5.75 Å². The number of carbonyl (C=O) groups excluding carboxylic acids is 1. The van der Waals surface area contributed by atoms with E-state index in [2.05, 4.69) is 22.0 Å². The molecule has 0 saturated heterocycles. The first-order valence-electron chi connectivity index (χ1n) is 9.64. The largest absolute Gasteiger partial charge is 0.432 e. The lowest BCUT2D eigenvalue weighted by Crippen LogP contribution is -2.37. The Balaban J connectivity index is 1.75. The third-order valence-electron chi connectivity index (χ3n) is 4.84. The normalized spacial score (nSPS) is 10.5. The van der Waals surface area contributed by atoms with Crippen LogP contribution in [0.1, 0.15) is 27.3 Å². The van der Waals surface area contributed by atoms with Gasteiger partial charge in [0.25, 0.3) is 11.9 Å². The molecule has 1 aromatic carbocycles. The molecule has 1 amide bonds. The van der Waals surface area contributed by atoms with Gasteiger partial charge in [0.1, 0.15) is 5.75 Å². The van der Waals surface area contributed by atoms with Crippen molar-refractivity contribution < 1.29 is 13.9 Å². The van der Waals surface area contributed by atoms with Crippen molar-refractivity contribution >= 4 is 23.0 Å². The number of benzene rings is 1. The van der Waals surface area contributed by atoms with Gasteiger partial charge in [-0.2, -0.15) is 9.49 Å². The summed E-state index contributed by atoms with van der Waals surface area (Å²) in [5.41, 5.74) is 3.75. The standard InChI is InChI=1S/C22H24FN7O2/c1-13-21(30(25)12-20(24)19-11-27-29(4)14(19)2)9-17(10-26-13)28-22(31)16-6-5-7-18(8-16)32-15(3)23/h5-11,24H,3,12,25H2,1-2,4H3,(H,28,31). The first-order chi connectivity index (χ1) is 15.2. The zero-order valence-electron chi connectivity index (χ0n) is 18.0. The second kappa shape index (κ2) is 9.40. The van der Waals surface area contributed by atoms with Crippen molar-refractivity contribution in [2.45, 2.75) is 13.8 Å². The summed E-state index contributed by atoms with van der Waals surface area (Å²) in [6, 6.07) is 6.75. The van der Waals surface area contributed by atoms with E-state index in [9.17, 15) is 9.18 Å². The highest BCUT2D eigenvalue weighted by Gasteiger charge is 2.16. The Morgan fingerprint density at radius 2 is 2.09 bits per heavy atom. The Labute approximate surface area is 184 Å². The summed E-state index contributed by atoms with van der Waals surface area (Å²) in [6.07, 6.45) is 3.13. The molecule has 2 aromatic heterocycles. The summed E-state index contributed by atoms with van der Waals surface area (Å²) < 4.78 is 19.4. The van der Waals surface area contributed by atoms with E-state index in [0.29, 0.717) is 28.3 Å². The molecule has 0 spiro atoms. The number of pyridine rings is 1. The molecule has 2 heterocycles. The number of ether oxygens (including phenoxy) is 1. The molecule has 0 bridgehead atoms. The fourth-order valence-electron chi connectivity index (χ4n) is 3.05. The first-order valence-corrected chi connectivity index (χ1v) is 9.64. The minimum Gasteiger partial charge on any atom is -0.432 e. The van der Waals surface area contributed by atoms with Gasteiger partial charge in [-0.15, -0.1) is 0 Å². The van der Waals surface area contributed by atoms with Crippen molar-refractivity contribution in [1.82, 2.24) is 14.8 Å². The minimum absolute atomic E-state index is 0.124. The van der Waals surface area contributed by atoms with E-state index >= 15 is 0 Å². The number of anilines is 2. The smallest absolute Gasteiger partial charge is 0.270 e. The highest BCUT2D eigenvalue weighted by Crippen LogP contribution is 2.22. The predicted octanol–water partition coefficient (Wildman–Crippen LogP) is 3.25. The zero-order chi connectivity index (χ0) is 23.4. The molecule has 0 fully saturated rings. The van der Waals surface area contributed by atoms with E-state index in [1.54, 1.807) is 36.0 Å². The van der Waals surface area contributed by atoms with Crippen LogP contribution in [0, 0.1) is 19.3 Å². The molecule has 32 heavy (non-hydrogen) atoms. The number of amides is 1. The van der Waals surface area contributed by atoms with Crippen LogP contribution in [-0.4, -0.2) is 32.9 Å². The van der Waals surface area contributed by atoms with E-state index in [-0.39, 0.29) is 17.9 Å². The maximum Gasteiger partial charge on any atom is 0.270 e. The molecule has 0 aliphatic rings. The maximum absolute atomic E-state index is 12.9. The number of nitrogens with one attached hydrogen (secondary N) is 2. The quantitative estimate of drug-likeness (QED) is 0.215. The van der Waals surface area contributed by atoms with Crippen LogP contribution < -0.4 is 20.9 Å². The lowest BCUT2D eigenvalue weighted by molar-refractivity contribution is 0.102. The number of halogens is 1. The monoisotopic (exact) mass is 437 g/mol. The number of aryl methyl sites for hydroxylation is 2. The highest BCUT2D eigenvalue weighted by atomic mass is 19.1. The molecule has 10 heteroatoms. The van der Waals surface area contributed by atoms with Crippen LogP contribution in [-0.2, 0) is 7.05 Å². The summed E-state index contributed by atoms with van der Waals surface area (Å²) in [7, 11) is 1.81. The van der Waals surface area contributed by atoms with E-state index in [1.807, 2.05) is 14.0 Å². The second-order valence-electron chi connectivity index (χ2n) is 7.14. The van der Waals surface area contributed by atoms with Gasteiger partial charge in [-0.3, -0.25) is 14.5 Å². The molecular formula is C22H24FN7O2. The Morgan fingerprint density at radius 3 is 2.75 bits per heavy atom. The van der Waals surface area contributed by atoms with Gasteiger partial charge in [0.2, 0.25) is 0 Å². The van der Waals surface area contributed by atoms with E-state index in [0.717, 1.165) is 5.69 Å². The van der Waals surface area contributed by atoms with Crippen LogP contribution in [0.4, 0.5) is 15.8 Å². The molecule has 4 N–H and O–H groups in total. The van der Waals surface area contributed by atoms with Crippen molar-refractivity contribution in [2.24, 2.45) is 12.9 Å². The number of nitrogens with zero attached hydrogens (tertiary/aromatic N) is 4. The summed E-state index contributed by atoms with van der Waals surface area (Å²) in [6.45, 7) is 6.82. The van der Waals surface area contributed by atoms with Crippen LogP contribution in [0.2, 0.25) is 0 Å². The van der Waals surface area contributed by atoms with Gasteiger partial charge in [0.05, 0.1) is 41.7 Å². The van der Waals surface area contributed by atoms with Gasteiger partial charge in [0.15, 0.2) is 0 Å². The minimum atomic E-state index is -0.968. The third-order valence-corrected chi connectivity index (χ3v) is 4.84.